The zero-order valence-corrected chi connectivity index (χ0v) is 16.9. The first-order valence-electron chi connectivity index (χ1n) is 8.58. The number of hydrogen-bond donors (Lipinski definition) is 1. The second-order valence-electron chi connectivity index (χ2n) is 6.43. The van der Waals surface area contributed by atoms with Gasteiger partial charge in [-0.25, -0.2) is 18.1 Å². The molecule has 1 amide bonds. The Labute approximate surface area is 171 Å². The molecule has 0 aliphatic heterocycles. The van der Waals surface area contributed by atoms with Gasteiger partial charge in [-0.15, -0.1) is 0 Å². The first-order chi connectivity index (χ1) is 13.8. The third kappa shape index (κ3) is 3.87. The summed E-state index contributed by atoms with van der Waals surface area (Å²) in [5.41, 5.74) is 1.37. The first-order valence-corrected chi connectivity index (χ1v) is 10.8. The highest BCUT2D eigenvalue weighted by atomic mass is 35.5. The zero-order valence-electron chi connectivity index (χ0n) is 15.3. The number of nitrogens with one attached hydrogen (secondary N) is 1. The number of halogens is 1. The number of rotatable bonds is 5. The van der Waals surface area contributed by atoms with Gasteiger partial charge in [0.25, 0.3) is 5.91 Å². The number of carbonyl (C=O) groups is 1. The number of pyridine rings is 1. The van der Waals surface area contributed by atoms with E-state index in [2.05, 4.69) is 15.4 Å². The molecule has 10 heteroatoms. The Morgan fingerprint density at radius 2 is 1.90 bits per heavy atom. The van der Waals surface area contributed by atoms with Gasteiger partial charge in [0.15, 0.2) is 5.69 Å². The molecule has 0 saturated carbocycles. The lowest BCUT2D eigenvalue weighted by Gasteiger charge is -2.08. The van der Waals surface area contributed by atoms with Crippen molar-refractivity contribution in [1.82, 2.24) is 19.2 Å². The fraction of sp³-hybridized carbons (Fsp3) is 0.105. The summed E-state index contributed by atoms with van der Waals surface area (Å²) in [6, 6.07) is 14.0. The quantitative estimate of drug-likeness (QED) is 0.526. The lowest BCUT2D eigenvalue weighted by molar-refractivity contribution is 0.102. The predicted octanol–water partition coefficient (Wildman–Crippen LogP) is 2.89. The summed E-state index contributed by atoms with van der Waals surface area (Å²) in [5, 5.41) is 7.44. The normalized spacial score (nSPS) is 11.7. The van der Waals surface area contributed by atoms with Gasteiger partial charge >= 0.3 is 0 Å². The fourth-order valence-electron chi connectivity index (χ4n) is 2.94. The van der Waals surface area contributed by atoms with Crippen LogP contribution in [0, 0.1) is 0 Å². The number of aromatic nitrogens is 4. The van der Waals surface area contributed by atoms with E-state index in [9.17, 15) is 13.2 Å². The van der Waals surface area contributed by atoms with Crippen molar-refractivity contribution >= 4 is 38.7 Å². The molecule has 0 atom stereocenters. The number of anilines is 1. The molecule has 0 aliphatic carbocycles. The van der Waals surface area contributed by atoms with Crippen molar-refractivity contribution in [2.45, 2.75) is 11.7 Å². The van der Waals surface area contributed by atoms with E-state index in [4.69, 9.17) is 11.6 Å². The largest absolute Gasteiger partial charge is 0.305 e. The Morgan fingerprint density at radius 1 is 1.14 bits per heavy atom. The van der Waals surface area contributed by atoms with Crippen molar-refractivity contribution in [3.8, 4) is 0 Å². The van der Waals surface area contributed by atoms with Crippen LogP contribution in [0.25, 0.3) is 5.52 Å². The summed E-state index contributed by atoms with van der Waals surface area (Å²) in [6.07, 6.45) is 4.18. The van der Waals surface area contributed by atoms with E-state index >= 15 is 0 Å². The number of sulfone groups is 1. The van der Waals surface area contributed by atoms with Gasteiger partial charge in [-0.1, -0.05) is 29.8 Å². The van der Waals surface area contributed by atoms with Crippen LogP contribution in [0.4, 0.5) is 5.82 Å². The Bertz CT molecular complexity index is 1310. The average Bonchev–Trinajstić information content (AvgIpc) is 3.28. The summed E-state index contributed by atoms with van der Waals surface area (Å²) in [5.74, 6) is -0.0654. The average molecular weight is 430 g/mol. The second-order valence-corrected chi connectivity index (χ2v) is 8.77. The standard InChI is InChI=1S/C19H16ClN5O3S/c1-29(27,28)19-23-17(15-4-2-3-11-24(15)19)18(26)22-16-9-10-21-25(16)12-13-5-7-14(20)8-6-13/h2-11H,12H2,1H3,(H,22,26). The maximum Gasteiger partial charge on any atom is 0.277 e. The molecule has 1 aromatic carbocycles. The molecule has 4 aromatic rings. The highest BCUT2D eigenvalue weighted by molar-refractivity contribution is 7.90. The fourth-order valence-corrected chi connectivity index (χ4v) is 3.84. The highest BCUT2D eigenvalue weighted by Gasteiger charge is 2.23. The van der Waals surface area contributed by atoms with Crippen LogP contribution in [0.2, 0.25) is 5.02 Å². The molecule has 0 spiro atoms. The molecule has 0 fully saturated rings. The van der Waals surface area contributed by atoms with Gasteiger partial charge in [-0.3, -0.25) is 9.20 Å². The van der Waals surface area contributed by atoms with E-state index in [-0.39, 0.29) is 10.9 Å². The van der Waals surface area contributed by atoms with Crippen LogP contribution in [0.5, 0.6) is 0 Å². The topological polar surface area (TPSA) is 98.4 Å². The van der Waals surface area contributed by atoms with Gasteiger partial charge in [0, 0.05) is 23.5 Å². The molecule has 3 aromatic heterocycles. The van der Waals surface area contributed by atoms with Crippen molar-refractivity contribution in [1.29, 1.82) is 0 Å². The molecule has 148 valence electrons. The molecular weight excluding hydrogens is 414 g/mol. The van der Waals surface area contributed by atoms with E-state index in [0.717, 1.165) is 11.8 Å². The summed E-state index contributed by atoms with van der Waals surface area (Å²) in [6.45, 7) is 0.429. The van der Waals surface area contributed by atoms with Crippen molar-refractivity contribution in [2.75, 3.05) is 11.6 Å². The number of benzene rings is 1. The van der Waals surface area contributed by atoms with Gasteiger partial charge in [0.1, 0.15) is 5.82 Å². The molecule has 0 radical (unpaired) electrons. The summed E-state index contributed by atoms with van der Waals surface area (Å²) in [7, 11) is -3.61. The number of carbonyl (C=O) groups excluding carboxylic acids is 1. The number of imidazole rings is 1. The molecule has 0 bridgehead atoms. The minimum absolute atomic E-state index is 0.0188. The van der Waals surface area contributed by atoms with E-state index in [1.165, 1.54) is 4.40 Å². The van der Waals surface area contributed by atoms with E-state index < -0.39 is 15.7 Å². The Balaban J connectivity index is 1.65. The summed E-state index contributed by atoms with van der Waals surface area (Å²) < 4.78 is 27.1. The molecule has 1 N–H and O–H groups in total. The molecule has 4 rings (SSSR count). The van der Waals surface area contributed by atoms with Gasteiger partial charge in [-0.05, 0) is 29.8 Å². The van der Waals surface area contributed by atoms with Crippen LogP contribution < -0.4 is 5.32 Å². The van der Waals surface area contributed by atoms with Gasteiger partial charge in [-0.2, -0.15) is 5.10 Å². The van der Waals surface area contributed by atoms with Crippen LogP contribution >= 0.6 is 11.6 Å². The monoisotopic (exact) mass is 429 g/mol. The summed E-state index contributed by atoms with van der Waals surface area (Å²) in [4.78, 5) is 17.0. The van der Waals surface area contributed by atoms with Crippen molar-refractivity contribution in [3.05, 3.63) is 77.2 Å². The predicted molar refractivity (Wildman–Crippen MR) is 109 cm³/mol. The van der Waals surface area contributed by atoms with Gasteiger partial charge < -0.3 is 5.32 Å². The first kappa shape index (κ1) is 19.2. The lowest BCUT2D eigenvalue weighted by Crippen LogP contribution is -2.17. The highest BCUT2D eigenvalue weighted by Crippen LogP contribution is 2.19. The van der Waals surface area contributed by atoms with Crippen LogP contribution in [0.3, 0.4) is 0 Å². The second kappa shape index (κ2) is 7.34. The van der Waals surface area contributed by atoms with Gasteiger partial charge in [0.05, 0.1) is 18.3 Å². The number of amides is 1. The van der Waals surface area contributed by atoms with Crippen LogP contribution in [-0.4, -0.2) is 39.7 Å². The number of fused-ring (bicyclic) bond motifs is 1. The molecule has 0 unspecified atom stereocenters. The minimum Gasteiger partial charge on any atom is -0.305 e. The van der Waals surface area contributed by atoms with Crippen molar-refractivity contribution < 1.29 is 13.2 Å². The third-order valence-corrected chi connectivity index (χ3v) is 5.47. The lowest BCUT2D eigenvalue weighted by atomic mass is 10.2. The van der Waals surface area contributed by atoms with E-state index in [1.54, 1.807) is 53.5 Å². The smallest absolute Gasteiger partial charge is 0.277 e. The molecule has 29 heavy (non-hydrogen) atoms. The number of nitrogens with zero attached hydrogens (tertiary/aromatic N) is 4. The molecule has 0 saturated heterocycles. The number of hydrogen-bond acceptors (Lipinski definition) is 5. The zero-order chi connectivity index (χ0) is 20.6. The molecule has 0 aliphatic rings. The Morgan fingerprint density at radius 3 is 2.62 bits per heavy atom. The summed E-state index contributed by atoms with van der Waals surface area (Å²) >= 11 is 5.91. The Hall–Kier alpha value is -3.17. The Kier molecular flexibility index (Phi) is 4.85. The van der Waals surface area contributed by atoms with Crippen molar-refractivity contribution in [3.63, 3.8) is 0 Å². The van der Waals surface area contributed by atoms with E-state index in [0.29, 0.717) is 22.9 Å². The molecular formula is C19H16ClN5O3S. The molecule has 3 heterocycles. The van der Waals surface area contributed by atoms with Gasteiger partial charge in [0.2, 0.25) is 15.0 Å². The maximum absolute atomic E-state index is 12.9. The maximum atomic E-state index is 12.9. The van der Waals surface area contributed by atoms with Crippen LogP contribution in [-0.2, 0) is 16.4 Å². The third-order valence-electron chi connectivity index (χ3n) is 4.27. The van der Waals surface area contributed by atoms with Crippen LogP contribution in [0.15, 0.2) is 66.1 Å². The van der Waals surface area contributed by atoms with E-state index in [1.807, 2.05) is 12.1 Å². The SMILES string of the molecule is CS(=O)(=O)c1nc(C(=O)Nc2ccnn2Cc2ccc(Cl)cc2)c2ccccn12. The minimum atomic E-state index is -3.61. The van der Waals surface area contributed by atoms with Crippen molar-refractivity contribution in [2.24, 2.45) is 0 Å². The molecule has 8 nitrogen and oxygen atoms in total. The van der Waals surface area contributed by atoms with Crippen LogP contribution in [0.1, 0.15) is 16.1 Å².